The van der Waals surface area contributed by atoms with Gasteiger partial charge in [0.1, 0.15) is 5.75 Å². The van der Waals surface area contributed by atoms with Crippen molar-refractivity contribution in [2.24, 2.45) is 0 Å². The molecule has 0 bridgehead atoms. The zero-order valence-electron chi connectivity index (χ0n) is 12.7. The van der Waals surface area contributed by atoms with E-state index in [0.717, 1.165) is 0 Å². The molecule has 1 heterocycles. The molecule has 118 valence electrons. The number of ether oxygens (including phenoxy) is 1. The van der Waals surface area contributed by atoms with Crippen molar-refractivity contribution in [2.45, 2.75) is 6.54 Å². The van der Waals surface area contributed by atoms with E-state index >= 15 is 0 Å². The first-order valence-corrected chi connectivity index (χ1v) is 6.93. The highest BCUT2D eigenvalue weighted by molar-refractivity contribution is 5.98. The topological polar surface area (TPSA) is 80.3 Å². The largest absolute Gasteiger partial charge is 0.496 e. The number of para-hydroxylation sites is 1. The quantitative estimate of drug-likeness (QED) is 0.801. The first kappa shape index (κ1) is 16.2. The van der Waals surface area contributed by atoms with Crippen LogP contribution >= 0.6 is 0 Å². The second-order valence-corrected chi connectivity index (χ2v) is 4.61. The fourth-order valence-electron chi connectivity index (χ4n) is 1.89. The summed E-state index contributed by atoms with van der Waals surface area (Å²) in [5.74, 6) is -0.0299. The van der Waals surface area contributed by atoms with Crippen LogP contribution in [0.5, 0.6) is 5.75 Å². The molecule has 1 aromatic heterocycles. The molecule has 0 aliphatic rings. The summed E-state index contributed by atoms with van der Waals surface area (Å²) in [5.41, 5.74) is 1.70. The zero-order chi connectivity index (χ0) is 16.7. The maximum absolute atomic E-state index is 12.2. The number of amides is 2. The first-order valence-electron chi connectivity index (χ1n) is 6.93. The molecule has 0 saturated carbocycles. The van der Waals surface area contributed by atoms with Crippen molar-refractivity contribution < 1.29 is 14.3 Å². The van der Waals surface area contributed by atoms with Crippen LogP contribution in [0.3, 0.4) is 0 Å². The number of methoxy groups -OCH3 is 1. The van der Waals surface area contributed by atoms with Crippen molar-refractivity contribution in [3.63, 3.8) is 0 Å². The van der Waals surface area contributed by atoms with E-state index in [4.69, 9.17) is 4.74 Å². The Balaban J connectivity index is 1.96. The van der Waals surface area contributed by atoms with Gasteiger partial charge in [-0.2, -0.15) is 0 Å². The van der Waals surface area contributed by atoms with Crippen LogP contribution in [0.25, 0.3) is 0 Å². The highest BCUT2D eigenvalue weighted by atomic mass is 16.5. The lowest BCUT2D eigenvalue weighted by molar-refractivity contribution is -0.111. The highest BCUT2D eigenvalue weighted by Gasteiger charge is 2.11. The summed E-state index contributed by atoms with van der Waals surface area (Å²) < 4.78 is 5.16. The van der Waals surface area contributed by atoms with E-state index in [1.54, 1.807) is 36.4 Å². The molecule has 2 aromatic rings. The fourth-order valence-corrected chi connectivity index (χ4v) is 1.89. The zero-order valence-corrected chi connectivity index (χ0v) is 12.7. The molecular formula is C17H17N3O3. The van der Waals surface area contributed by atoms with E-state index in [2.05, 4.69) is 22.2 Å². The normalized spacial score (nSPS) is 9.78. The van der Waals surface area contributed by atoms with Gasteiger partial charge in [-0.15, -0.1) is 0 Å². The number of pyridine rings is 1. The lowest BCUT2D eigenvalue weighted by Crippen LogP contribution is -2.23. The molecule has 0 spiro atoms. The second-order valence-electron chi connectivity index (χ2n) is 4.61. The summed E-state index contributed by atoms with van der Waals surface area (Å²) in [6.07, 6.45) is 2.70. The van der Waals surface area contributed by atoms with Gasteiger partial charge in [-0.3, -0.25) is 14.6 Å². The number of carbonyl (C=O) groups is 2. The van der Waals surface area contributed by atoms with Gasteiger partial charge in [0, 0.05) is 0 Å². The minimum atomic E-state index is -0.302. The minimum Gasteiger partial charge on any atom is -0.496 e. The van der Waals surface area contributed by atoms with Gasteiger partial charge in [0.25, 0.3) is 5.91 Å². The van der Waals surface area contributed by atoms with Crippen molar-refractivity contribution >= 4 is 17.5 Å². The lowest BCUT2D eigenvalue weighted by atomic mass is 10.2. The van der Waals surface area contributed by atoms with Crippen LogP contribution in [0.2, 0.25) is 0 Å². The molecule has 2 rings (SSSR count). The number of benzene rings is 1. The van der Waals surface area contributed by atoms with Crippen LogP contribution in [0.15, 0.2) is 55.3 Å². The van der Waals surface area contributed by atoms with E-state index in [-0.39, 0.29) is 18.4 Å². The van der Waals surface area contributed by atoms with Gasteiger partial charge in [0.05, 0.1) is 36.8 Å². The van der Waals surface area contributed by atoms with Crippen molar-refractivity contribution in [1.29, 1.82) is 0 Å². The van der Waals surface area contributed by atoms with Crippen LogP contribution in [0.1, 0.15) is 16.1 Å². The number of hydrogen-bond acceptors (Lipinski definition) is 4. The van der Waals surface area contributed by atoms with Gasteiger partial charge in [-0.25, -0.2) is 0 Å². The van der Waals surface area contributed by atoms with Gasteiger partial charge >= 0.3 is 0 Å². The van der Waals surface area contributed by atoms with Gasteiger partial charge in [0.2, 0.25) is 5.91 Å². The summed E-state index contributed by atoms with van der Waals surface area (Å²) >= 11 is 0. The van der Waals surface area contributed by atoms with Crippen LogP contribution in [-0.2, 0) is 11.3 Å². The van der Waals surface area contributed by atoms with Crippen molar-refractivity contribution in [1.82, 2.24) is 10.3 Å². The average Bonchev–Trinajstić information content (AvgIpc) is 2.60. The molecule has 0 aliphatic heterocycles. The third-order valence-corrected chi connectivity index (χ3v) is 3.06. The number of nitrogens with zero attached hydrogens (tertiary/aromatic N) is 1. The summed E-state index contributed by atoms with van der Waals surface area (Å²) in [6.45, 7) is 3.65. The van der Waals surface area contributed by atoms with Crippen LogP contribution < -0.4 is 15.4 Å². The van der Waals surface area contributed by atoms with Gasteiger partial charge in [0.15, 0.2) is 0 Å². The summed E-state index contributed by atoms with van der Waals surface area (Å²) in [5, 5.41) is 5.38. The number of hydrogen-bond donors (Lipinski definition) is 2. The van der Waals surface area contributed by atoms with E-state index in [1.165, 1.54) is 19.4 Å². The number of aromatic nitrogens is 1. The first-order chi connectivity index (χ1) is 11.1. The molecule has 0 radical (unpaired) electrons. The Kier molecular flexibility index (Phi) is 5.46. The molecule has 0 atom stereocenters. The van der Waals surface area contributed by atoms with Crippen molar-refractivity contribution in [3.05, 3.63) is 66.5 Å². The Morgan fingerprint density at radius 2 is 2.04 bits per heavy atom. The predicted octanol–water partition coefficient (Wildman–Crippen LogP) is 2.14. The highest BCUT2D eigenvalue weighted by Crippen LogP contribution is 2.17. The van der Waals surface area contributed by atoms with Crippen molar-refractivity contribution in [2.75, 3.05) is 12.4 Å². The fraction of sp³-hybridized carbons (Fsp3) is 0.118. The summed E-state index contributed by atoms with van der Waals surface area (Å²) in [6, 6.07) is 10.4. The monoisotopic (exact) mass is 311 g/mol. The standard InChI is InChI=1S/C17H17N3O3/c1-3-16(21)20-13-9-8-12(18-11-13)10-19-17(22)14-6-4-5-7-15(14)23-2/h3-9,11H,1,10H2,2H3,(H,19,22)(H,20,21). The molecule has 6 nitrogen and oxygen atoms in total. The third kappa shape index (κ3) is 4.41. The molecule has 6 heteroatoms. The number of rotatable bonds is 6. The van der Waals surface area contributed by atoms with E-state index in [9.17, 15) is 9.59 Å². The Labute approximate surface area is 134 Å². The summed E-state index contributed by atoms with van der Waals surface area (Å²) in [7, 11) is 1.52. The molecule has 0 fully saturated rings. The smallest absolute Gasteiger partial charge is 0.255 e. The molecule has 23 heavy (non-hydrogen) atoms. The third-order valence-electron chi connectivity index (χ3n) is 3.06. The second kappa shape index (κ2) is 7.74. The maximum atomic E-state index is 12.2. The number of anilines is 1. The van der Waals surface area contributed by atoms with Gasteiger partial charge in [-0.05, 0) is 30.3 Å². The molecule has 1 aromatic carbocycles. The Morgan fingerprint density at radius 1 is 1.26 bits per heavy atom. The molecule has 2 N–H and O–H groups in total. The van der Waals surface area contributed by atoms with Gasteiger partial charge in [-0.1, -0.05) is 18.7 Å². The van der Waals surface area contributed by atoms with Crippen LogP contribution in [-0.4, -0.2) is 23.9 Å². The molecular weight excluding hydrogens is 294 g/mol. The Hall–Kier alpha value is -3.15. The molecule has 0 unspecified atom stereocenters. The number of carbonyl (C=O) groups excluding carboxylic acids is 2. The average molecular weight is 311 g/mol. The number of nitrogens with one attached hydrogen (secondary N) is 2. The SMILES string of the molecule is C=CC(=O)Nc1ccc(CNC(=O)c2ccccc2OC)nc1. The lowest BCUT2D eigenvalue weighted by Gasteiger charge is -2.09. The van der Waals surface area contributed by atoms with E-state index < -0.39 is 0 Å². The van der Waals surface area contributed by atoms with E-state index in [0.29, 0.717) is 22.7 Å². The minimum absolute atomic E-state index is 0.242. The van der Waals surface area contributed by atoms with E-state index in [1.807, 2.05) is 0 Å². The van der Waals surface area contributed by atoms with Crippen LogP contribution in [0, 0.1) is 0 Å². The van der Waals surface area contributed by atoms with Gasteiger partial charge < -0.3 is 15.4 Å². The molecule has 2 amide bonds. The van der Waals surface area contributed by atoms with Crippen molar-refractivity contribution in [3.8, 4) is 5.75 Å². The summed E-state index contributed by atoms with van der Waals surface area (Å²) in [4.78, 5) is 27.5. The Morgan fingerprint density at radius 3 is 2.70 bits per heavy atom. The maximum Gasteiger partial charge on any atom is 0.255 e. The molecule has 0 aliphatic carbocycles. The molecule has 0 saturated heterocycles. The predicted molar refractivity (Wildman–Crippen MR) is 87.2 cm³/mol. The Bertz CT molecular complexity index is 711. The van der Waals surface area contributed by atoms with Crippen LogP contribution in [0.4, 0.5) is 5.69 Å².